The normalized spacial score (nSPS) is 10.4. The van der Waals surface area contributed by atoms with Crippen LogP contribution in [0.4, 0.5) is 5.00 Å². The van der Waals surface area contributed by atoms with Crippen LogP contribution in [0.5, 0.6) is 0 Å². The van der Waals surface area contributed by atoms with E-state index in [9.17, 15) is 0 Å². The first kappa shape index (κ1) is 9.14. The van der Waals surface area contributed by atoms with Crippen LogP contribution >= 0.6 is 11.5 Å². The quantitative estimate of drug-likeness (QED) is 0.826. The van der Waals surface area contributed by atoms with Gasteiger partial charge in [-0.25, -0.2) is 4.98 Å². The van der Waals surface area contributed by atoms with E-state index >= 15 is 0 Å². The zero-order valence-corrected chi connectivity index (χ0v) is 8.66. The number of nitrogens with zero attached hydrogens (tertiary/aromatic N) is 4. The molecule has 2 heterocycles. The zero-order valence-electron chi connectivity index (χ0n) is 7.84. The maximum absolute atomic E-state index is 4.09. The predicted octanol–water partition coefficient (Wildman–Crippen LogP) is 1.37. The van der Waals surface area contributed by atoms with Crippen LogP contribution in [0.15, 0.2) is 18.7 Å². The second kappa shape index (κ2) is 4.19. The maximum atomic E-state index is 4.09. The Morgan fingerprint density at radius 3 is 3.14 bits per heavy atom. The lowest BCUT2D eigenvalue weighted by Gasteiger charge is -2.05. The summed E-state index contributed by atoms with van der Waals surface area (Å²) in [6, 6.07) is 0. The fourth-order valence-corrected chi connectivity index (χ4v) is 1.62. The molecule has 0 saturated heterocycles. The molecule has 5 nitrogen and oxygen atoms in total. The van der Waals surface area contributed by atoms with Crippen molar-refractivity contribution in [1.29, 1.82) is 0 Å². The molecule has 0 aliphatic carbocycles. The topological polar surface area (TPSA) is 55.6 Å². The number of aryl methyl sites for hydroxylation is 1. The Morgan fingerprint density at radius 1 is 1.50 bits per heavy atom. The molecule has 74 valence electrons. The molecule has 0 unspecified atom stereocenters. The van der Waals surface area contributed by atoms with Gasteiger partial charge < -0.3 is 9.88 Å². The van der Waals surface area contributed by atoms with Crippen LogP contribution in [0.25, 0.3) is 0 Å². The fourth-order valence-electron chi connectivity index (χ4n) is 1.20. The van der Waals surface area contributed by atoms with E-state index in [1.54, 1.807) is 6.20 Å². The van der Waals surface area contributed by atoms with Crippen LogP contribution in [0.3, 0.4) is 0 Å². The largest absolute Gasteiger partial charge is 0.369 e. The van der Waals surface area contributed by atoms with Crippen molar-refractivity contribution in [3.8, 4) is 0 Å². The fraction of sp³-hybridized carbons (Fsp3) is 0.375. The maximum Gasteiger partial charge on any atom is 0.130 e. The highest BCUT2D eigenvalue weighted by Crippen LogP contribution is 2.11. The molecule has 0 aliphatic heterocycles. The van der Waals surface area contributed by atoms with Crippen LogP contribution in [-0.4, -0.2) is 19.1 Å². The van der Waals surface area contributed by atoms with E-state index in [0.29, 0.717) is 0 Å². The van der Waals surface area contributed by atoms with E-state index in [0.717, 1.165) is 18.1 Å². The molecule has 2 rings (SSSR count). The molecule has 0 radical (unpaired) electrons. The Morgan fingerprint density at radius 2 is 2.43 bits per heavy atom. The lowest BCUT2D eigenvalue weighted by Crippen LogP contribution is -2.04. The van der Waals surface area contributed by atoms with Gasteiger partial charge >= 0.3 is 0 Å². The highest BCUT2D eigenvalue weighted by atomic mass is 32.1. The smallest absolute Gasteiger partial charge is 0.130 e. The number of hydrogen-bond acceptors (Lipinski definition) is 5. The van der Waals surface area contributed by atoms with Crippen molar-refractivity contribution < 1.29 is 0 Å². The molecule has 0 aliphatic rings. The van der Waals surface area contributed by atoms with E-state index < -0.39 is 0 Å². The van der Waals surface area contributed by atoms with Crippen molar-refractivity contribution in [2.24, 2.45) is 0 Å². The summed E-state index contributed by atoms with van der Waals surface area (Å²) in [5.74, 6) is 0. The summed E-state index contributed by atoms with van der Waals surface area (Å²) >= 11 is 1.36. The lowest BCUT2D eigenvalue weighted by molar-refractivity contribution is 0.720. The van der Waals surface area contributed by atoms with Gasteiger partial charge in [-0.2, -0.15) is 0 Å². The van der Waals surface area contributed by atoms with Gasteiger partial charge in [0.25, 0.3) is 0 Å². The Bertz CT molecular complexity index is 380. The molecule has 0 saturated carbocycles. The molecule has 1 N–H and O–H groups in total. The minimum atomic E-state index is 0.762. The predicted molar refractivity (Wildman–Crippen MR) is 55.1 cm³/mol. The summed E-state index contributed by atoms with van der Waals surface area (Å²) < 4.78 is 5.87. The second-order valence-corrected chi connectivity index (χ2v) is 3.59. The van der Waals surface area contributed by atoms with Crippen LogP contribution in [-0.2, 0) is 13.1 Å². The molecule has 0 atom stereocenters. The summed E-state index contributed by atoms with van der Waals surface area (Å²) in [7, 11) is 0. The lowest BCUT2D eigenvalue weighted by atomic mass is 10.4. The first-order valence-electron chi connectivity index (χ1n) is 4.40. The number of imidazole rings is 1. The molecular formula is C8H11N5S. The summed E-state index contributed by atoms with van der Waals surface area (Å²) in [4.78, 5) is 4.09. The minimum Gasteiger partial charge on any atom is -0.369 e. The van der Waals surface area contributed by atoms with E-state index in [1.807, 2.05) is 12.5 Å². The molecule has 2 aromatic rings. The Balaban J connectivity index is 1.98. The minimum absolute atomic E-state index is 0.762. The summed E-state index contributed by atoms with van der Waals surface area (Å²) in [5.41, 5.74) is 1.17. The average molecular weight is 209 g/mol. The summed E-state index contributed by atoms with van der Waals surface area (Å²) in [6.45, 7) is 3.80. The third kappa shape index (κ3) is 1.90. The summed E-state index contributed by atoms with van der Waals surface area (Å²) in [6.07, 6.45) is 5.42. The summed E-state index contributed by atoms with van der Waals surface area (Å²) in [5, 5.41) is 7.96. The number of nitrogens with one attached hydrogen (secondary N) is 1. The Labute approximate surface area is 86.0 Å². The monoisotopic (exact) mass is 209 g/mol. The van der Waals surface area contributed by atoms with Gasteiger partial charge in [-0.3, -0.25) is 0 Å². The van der Waals surface area contributed by atoms with Gasteiger partial charge in [-0.15, -0.1) is 5.10 Å². The molecular weight excluding hydrogens is 198 g/mol. The van der Waals surface area contributed by atoms with Gasteiger partial charge in [0.2, 0.25) is 0 Å². The third-order valence-electron chi connectivity index (χ3n) is 1.94. The van der Waals surface area contributed by atoms with Gasteiger partial charge in [-0.1, -0.05) is 4.49 Å². The molecule has 0 amide bonds. The number of rotatable bonds is 4. The Hall–Kier alpha value is -1.43. The third-order valence-corrected chi connectivity index (χ3v) is 2.57. The van der Waals surface area contributed by atoms with Crippen LogP contribution < -0.4 is 5.32 Å². The van der Waals surface area contributed by atoms with Crippen molar-refractivity contribution in [3.63, 3.8) is 0 Å². The van der Waals surface area contributed by atoms with E-state index in [4.69, 9.17) is 0 Å². The first-order valence-corrected chi connectivity index (χ1v) is 5.17. The van der Waals surface area contributed by atoms with Gasteiger partial charge in [0.1, 0.15) is 5.00 Å². The Kier molecular flexibility index (Phi) is 2.73. The van der Waals surface area contributed by atoms with Crippen molar-refractivity contribution in [3.05, 3.63) is 24.4 Å². The van der Waals surface area contributed by atoms with Crippen molar-refractivity contribution >= 4 is 16.5 Å². The standard InChI is InChI=1S/C8H11N5S/c1-2-13-6-9-3-7(13)4-10-8-5-11-12-14-8/h3,5-6,10H,2,4H2,1H3. The average Bonchev–Trinajstić information content (AvgIpc) is 2.85. The van der Waals surface area contributed by atoms with Crippen molar-refractivity contribution in [2.75, 3.05) is 5.32 Å². The molecule has 2 aromatic heterocycles. The molecule has 6 heteroatoms. The van der Waals surface area contributed by atoms with E-state index in [2.05, 4.69) is 31.4 Å². The van der Waals surface area contributed by atoms with E-state index in [-0.39, 0.29) is 0 Å². The van der Waals surface area contributed by atoms with Crippen molar-refractivity contribution in [1.82, 2.24) is 19.1 Å². The van der Waals surface area contributed by atoms with Crippen LogP contribution in [0, 0.1) is 0 Å². The highest BCUT2D eigenvalue weighted by molar-refractivity contribution is 7.09. The first-order chi connectivity index (χ1) is 6.90. The van der Waals surface area contributed by atoms with Crippen molar-refractivity contribution in [2.45, 2.75) is 20.0 Å². The number of aromatic nitrogens is 4. The van der Waals surface area contributed by atoms with Gasteiger partial charge in [0.15, 0.2) is 0 Å². The van der Waals surface area contributed by atoms with Crippen LogP contribution in [0.1, 0.15) is 12.6 Å². The molecule has 0 bridgehead atoms. The highest BCUT2D eigenvalue weighted by Gasteiger charge is 2.00. The molecule has 14 heavy (non-hydrogen) atoms. The van der Waals surface area contributed by atoms with Gasteiger partial charge in [0.05, 0.1) is 24.8 Å². The molecule has 0 aromatic carbocycles. The van der Waals surface area contributed by atoms with E-state index in [1.165, 1.54) is 17.2 Å². The van der Waals surface area contributed by atoms with Gasteiger partial charge in [0, 0.05) is 24.3 Å². The van der Waals surface area contributed by atoms with Crippen LogP contribution in [0.2, 0.25) is 0 Å². The molecule has 0 fully saturated rings. The number of anilines is 1. The number of hydrogen-bond donors (Lipinski definition) is 1. The molecule has 0 spiro atoms. The SMILES string of the molecule is CCn1cncc1CNc1cnns1. The van der Waals surface area contributed by atoms with Gasteiger partial charge in [-0.05, 0) is 6.92 Å². The zero-order chi connectivity index (χ0) is 9.80. The second-order valence-electron chi connectivity index (χ2n) is 2.81.